The van der Waals surface area contributed by atoms with E-state index in [4.69, 9.17) is 11.6 Å². The van der Waals surface area contributed by atoms with Gasteiger partial charge < -0.3 is 5.32 Å². The minimum absolute atomic E-state index is 0.536. The van der Waals surface area contributed by atoms with E-state index < -0.39 is 0 Å². The third kappa shape index (κ3) is 2.64. The molecule has 1 N–H and O–H groups in total. The fourth-order valence-electron chi connectivity index (χ4n) is 2.33. The Morgan fingerprint density at radius 3 is 2.94 bits per heavy atom. The maximum absolute atomic E-state index is 5.97. The van der Waals surface area contributed by atoms with Crippen molar-refractivity contribution in [3.8, 4) is 0 Å². The molecule has 1 aliphatic carbocycles. The van der Waals surface area contributed by atoms with Crippen molar-refractivity contribution in [2.45, 2.75) is 45.6 Å². The fourth-order valence-corrected chi connectivity index (χ4v) is 2.47. The van der Waals surface area contributed by atoms with E-state index in [9.17, 15) is 0 Å². The molecule has 88 valence electrons. The lowest BCUT2D eigenvalue weighted by Gasteiger charge is -2.28. The summed E-state index contributed by atoms with van der Waals surface area (Å²) in [5.74, 6) is 1.70. The highest BCUT2D eigenvalue weighted by molar-refractivity contribution is 6.30. The van der Waals surface area contributed by atoms with Crippen LogP contribution in [0.5, 0.6) is 0 Å². The van der Waals surface area contributed by atoms with Crippen molar-refractivity contribution >= 4 is 17.4 Å². The van der Waals surface area contributed by atoms with Crippen LogP contribution in [-0.4, -0.2) is 16.0 Å². The highest BCUT2D eigenvalue weighted by atomic mass is 35.5. The lowest BCUT2D eigenvalue weighted by molar-refractivity contribution is 0.358. The molecule has 4 heteroatoms. The first-order valence-electron chi connectivity index (χ1n) is 5.90. The van der Waals surface area contributed by atoms with Crippen molar-refractivity contribution in [1.29, 1.82) is 0 Å². The molecule has 0 spiro atoms. The third-order valence-corrected chi connectivity index (χ3v) is 3.68. The average Bonchev–Trinajstić information content (AvgIpc) is 2.25. The van der Waals surface area contributed by atoms with Gasteiger partial charge in [0.05, 0.1) is 0 Å². The van der Waals surface area contributed by atoms with Crippen LogP contribution in [0.3, 0.4) is 0 Å². The zero-order valence-electron chi connectivity index (χ0n) is 9.83. The standard InChI is InChI=1S/C12H18ClN3/c1-8-4-3-5-10(6-8)16-12-9(2)11(13)14-7-15-12/h7-8,10H,3-6H2,1-2H3,(H,14,15,16). The van der Waals surface area contributed by atoms with Crippen molar-refractivity contribution in [3.05, 3.63) is 17.0 Å². The Balaban J connectivity index is 2.05. The molecule has 0 saturated heterocycles. The Hall–Kier alpha value is -0.830. The van der Waals surface area contributed by atoms with Gasteiger partial charge in [-0.3, -0.25) is 0 Å². The smallest absolute Gasteiger partial charge is 0.137 e. The van der Waals surface area contributed by atoms with Crippen LogP contribution in [0.15, 0.2) is 6.33 Å². The van der Waals surface area contributed by atoms with E-state index in [2.05, 4.69) is 22.2 Å². The van der Waals surface area contributed by atoms with E-state index in [0.29, 0.717) is 11.2 Å². The van der Waals surface area contributed by atoms with Gasteiger partial charge in [-0.05, 0) is 25.7 Å². The van der Waals surface area contributed by atoms with Crippen molar-refractivity contribution < 1.29 is 0 Å². The number of nitrogens with zero attached hydrogens (tertiary/aromatic N) is 2. The second-order valence-electron chi connectivity index (χ2n) is 4.75. The fraction of sp³-hybridized carbons (Fsp3) is 0.667. The van der Waals surface area contributed by atoms with Crippen molar-refractivity contribution in [1.82, 2.24) is 9.97 Å². The van der Waals surface area contributed by atoms with Gasteiger partial charge in [-0.25, -0.2) is 9.97 Å². The number of hydrogen-bond acceptors (Lipinski definition) is 3. The predicted molar refractivity (Wildman–Crippen MR) is 66.8 cm³/mol. The van der Waals surface area contributed by atoms with Gasteiger partial charge >= 0.3 is 0 Å². The molecule has 1 aliphatic rings. The summed E-state index contributed by atoms with van der Waals surface area (Å²) in [5.41, 5.74) is 0.947. The van der Waals surface area contributed by atoms with Crippen LogP contribution in [-0.2, 0) is 0 Å². The van der Waals surface area contributed by atoms with Gasteiger partial charge in [-0.15, -0.1) is 0 Å². The molecule has 2 rings (SSSR count). The highest BCUT2D eigenvalue weighted by Crippen LogP contribution is 2.27. The van der Waals surface area contributed by atoms with Crippen molar-refractivity contribution in [3.63, 3.8) is 0 Å². The Morgan fingerprint density at radius 2 is 2.19 bits per heavy atom. The maximum atomic E-state index is 5.97. The highest BCUT2D eigenvalue weighted by Gasteiger charge is 2.19. The largest absolute Gasteiger partial charge is 0.367 e. The summed E-state index contributed by atoms with van der Waals surface area (Å²) in [4.78, 5) is 8.21. The van der Waals surface area contributed by atoms with Crippen LogP contribution in [0.1, 0.15) is 38.2 Å². The van der Waals surface area contributed by atoms with Crippen LogP contribution in [0.4, 0.5) is 5.82 Å². The van der Waals surface area contributed by atoms with Crippen LogP contribution in [0.2, 0.25) is 5.15 Å². The first-order valence-corrected chi connectivity index (χ1v) is 6.28. The summed E-state index contributed by atoms with van der Waals surface area (Å²) in [7, 11) is 0. The number of aromatic nitrogens is 2. The van der Waals surface area contributed by atoms with Gasteiger partial charge in [0.25, 0.3) is 0 Å². The molecule has 1 saturated carbocycles. The van der Waals surface area contributed by atoms with Gasteiger partial charge in [-0.1, -0.05) is 31.4 Å². The Kier molecular flexibility index (Phi) is 3.64. The normalized spacial score (nSPS) is 25.4. The molecule has 1 fully saturated rings. The molecule has 1 heterocycles. The van der Waals surface area contributed by atoms with E-state index in [0.717, 1.165) is 17.3 Å². The van der Waals surface area contributed by atoms with Gasteiger partial charge in [0.15, 0.2) is 0 Å². The van der Waals surface area contributed by atoms with E-state index >= 15 is 0 Å². The van der Waals surface area contributed by atoms with Gasteiger partial charge in [0, 0.05) is 11.6 Å². The predicted octanol–water partition coefficient (Wildman–Crippen LogP) is 3.43. The molecule has 1 aromatic heterocycles. The zero-order chi connectivity index (χ0) is 11.5. The number of halogens is 1. The molecular weight excluding hydrogens is 222 g/mol. The lowest BCUT2D eigenvalue weighted by atomic mass is 9.87. The summed E-state index contributed by atoms with van der Waals surface area (Å²) in [6.07, 6.45) is 6.62. The Bertz CT molecular complexity index is 367. The minimum atomic E-state index is 0.536. The second kappa shape index (κ2) is 5.00. The molecule has 0 bridgehead atoms. The van der Waals surface area contributed by atoms with Gasteiger partial charge in [-0.2, -0.15) is 0 Å². The zero-order valence-corrected chi connectivity index (χ0v) is 10.6. The van der Waals surface area contributed by atoms with Gasteiger partial charge in [0.1, 0.15) is 17.3 Å². The van der Waals surface area contributed by atoms with Crippen LogP contribution < -0.4 is 5.32 Å². The Labute approximate surface area is 102 Å². The van der Waals surface area contributed by atoms with Crippen LogP contribution in [0.25, 0.3) is 0 Å². The number of hydrogen-bond donors (Lipinski definition) is 1. The molecular formula is C12H18ClN3. The molecule has 0 aromatic carbocycles. The molecule has 3 nitrogen and oxygen atoms in total. The molecule has 0 amide bonds. The molecule has 2 atom stereocenters. The average molecular weight is 240 g/mol. The molecule has 16 heavy (non-hydrogen) atoms. The first kappa shape index (κ1) is 11.6. The van der Waals surface area contributed by atoms with Gasteiger partial charge in [0.2, 0.25) is 0 Å². The molecule has 0 aliphatic heterocycles. The van der Waals surface area contributed by atoms with Crippen LogP contribution >= 0.6 is 11.6 Å². The monoisotopic (exact) mass is 239 g/mol. The van der Waals surface area contributed by atoms with Crippen molar-refractivity contribution in [2.75, 3.05) is 5.32 Å². The maximum Gasteiger partial charge on any atom is 0.137 e. The number of nitrogens with one attached hydrogen (secondary N) is 1. The minimum Gasteiger partial charge on any atom is -0.367 e. The summed E-state index contributed by atoms with van der Waals surface area (Å²) in [6.45, 7) is 4.27. The summed E-state index contributed by atoms with van der Waals surface area (Å²) < 4.78 is 0. The number of anilines is 1. The summed E-state index contributed by atoms with van der Waals surface area (Å²) >= 11 is 5.97. The van der Waals surface area contributed by atoms with E-state index in [1.807, 2.05) is 6.92 Å². The van der Waals surface area contributed by atoms with Crippen molar-refractivity contribution in [2.24, 2.45) is 5.92 Å². The van der Waals surface area contributed by atoms with E-state index in [1.54, 1.807) is 0 Å². The third-order valence-electron chi connectivity index (χ3n) is 3.30. The first-order chi connectivity index (χ1) is 7.66. The lowest BCUT2D eigenvalue weighted by Crippen LogP contribution is -2.27. The Morgan fingerprint density at radius 1 is 1.38 bits per heavy atom. The SMILES string of the molecule is Cc1c(Cl)ncnc1NC1CCCC(C)C1. The molecule has 1 aromatic rings. The molecule has 0 radical (unpaired) electrons. The number of rotatable bonds is 2. The topological polar surface area (TPSA) is 37.8 Å². The molecule has 2 unspecified atom stereocenters. The van der Waals surface area contributed by atoms with Crippen LogP contribution in [0, 0.1) is 12.8 Å². The summed E-state index contributed by atoms with van der Waals surface area (Å²) in [6, 6.07) is 0.536. The summed E-state index contributed by atoms with van der Waals surface area (Å²) in [5, 5.41) is 4.03. The van der Waals surface area contributed by atoms with E-state index in [-0.39, 0.29) is 0 Å². The quantitative estimate of drug-likeness (QED) is 0.804. The van der Waals surface area contributed by atoms with E-state index in [1.165, 1.54) is 32.0 Å². The second-order valence-corrected chi connectivity index (χ2v) is 5.11.